The second-order valence-electron chi connectivity index (χ2n) is 3.17. The Kier molecular flexibility index (Phi) is 2.75. The molecule has 1 aliphatic rings. The van der Waals surface area contributed by atoms with Crippen LogP contribution in [0.3, 0.4) is 0 Å². The van der Waals surface area contributed by atoms with Gasteiger partial charge in [-0.2, -0.15) is 5.06 Å². The molecule has 2 amide bonds. The van der Waals surface area contributed by atoms with Crippen LogP contribution in [0.25, 0.3) is 0 Å². The molecule has 78 valence electrons. The smallest absolute Gasteiger partial charge is 0.267 e. The molecule has 4 nitrogen and oxygen atoms in total. The van der Waals surface area contributed by atoms with E-state index in [1.807, 2.05) is 30.3 Å². The summed E-state index contributed by atoms with van der Waals surface area (Å²) in [5.41, 5.74) is 0. The highest BCUT2D eigenvalue weighted by Gasteiger charge is 2.38. The van der Waals surface area contributed by atoms with Crippen molar-refractivity contribution in [2.75, 3.05) is 0 Å². The summed E-state index contributed by atoms with van der Waals surface area (Å²) in [6.07, 6.45) is 0.0644. The summed E-state index contributed by atoms with van der Waals surface area (Å²) in [6, 6.07) is 9.33. The Balaban J connectivity index is 2.09. The number of rotatable bonds is 2. The summed E-state index contributed by atoms with van der Waals surface area (Å²) in [5, 5.41) is 8.75. The Hall–Kier alpha value is -1.33. The first-order valence-electron chi connectivity index (χ1n) is 4.46. The van der Waals surface area contributed by atoms with Crippen LogP contribution < -0.4 is 0 Å². The lowest BCUT2D eigenvalue weighted by atomic mass is 10.3. The number of hydroxylamine groups is 2. The second kappa shape index (κ2) is 4.04. The lowest BCUT2D eigenvalue weighted by Crippen LogP contribution is -2.27. The molecule has 0 saturated carbocycles. The Labute approximate surface area is 90.8 Å². The number of hydrogen-bond acceptors (Lipinski definition) is 4. The lowest BCUT2D eigenvalue weighted by molar-refractivity contribution is -0.170. The van der Waals surface area contributed by atoms with Crippen molar-refractivity contribution in [2.45, 2.75) is 16.6 Å². The van der Waals surface area contributed by atoms with Crippen LogP contribution >= 0.6 is 11.8 Å². The highest BCUT2D eigenvalue weighted by Crippen LogP contribution is 2.30. The number of nitrogens with zero attached hydrogens (tertiary/aromatic N) is 1. The molecule has 1 aliphatic heterocycles. The maximum absolute atomic E-state index is 11.4. The summed E-state index contributed by atoms with van der Waals surface area (Å²) in [7, 11) is 0. The van der Waals surface area contributed by atoms with Crippen LogP contribution in [0.2, 0.25) is 0 Å². The van der Waals surface area contributed by atoms with Crippen LogP contribution in [0.4, 0.5) is 0 Å². The fourth-order valence-corrected chi connectivity index (χ4v) is 2.42. The van der Waals surface area contributed by atoms with E-state index < -0.39 is 17.1 Å². The third-order valence-electron chi connectivity index (χ3n) is 2.10. The molecule has 1 heterocycles. The molecule has 0 radical (unpaired) electrons. The van der Waals surface area contributed by atoms with E-state index in [1.54, 1.807) is 0 Å². The average molecular weight is 223 g/mol. The highest BCUT2D eigenvalue weighted by molar-refractivity contribution is 8.00. The van der Waals surface area contributed by atoms with Crippen LogP contribution in [-0.4, -0.2) is 27.3 Å². The Morgan fingerprint density at radius 2 is 1.93 bits per heavy atom. The molecule has 1 N–H and O–H groups in total. The van der Waals surface area contributed by atoms with Crippen LogP contribution in [-0.2, 0) is 9.59 Å². The summed E-state index contributed by atoms with van der Waals surface area (Å²) < 4.78 is 0. The third kappa shape index (κ3) is 2.03. The number of hydrogen-bond donors (Lipinski definition) is 1. The molecule has 1 aromatic rings. The number of thioether (sulfide) groups is 1. The summed E-state index contributed by atoms with van der Waals surface area (Å²) in [4.78, 5) is 23.3. The summed E-state index contributed by atoms with van der Waals surface area (Å²) in [6.45, 7) is 0. The van der Waals surface area contributed by atoms with Crippen LogP contribution in [0.1, 0.15) is 6.42 Å². The topological polar surface area (TPSA) is 57.6 Å². The van der Waals surface area contributed by atoms with Crippen LogP contribution in [0.15, 0.2) is 35.2 Å². The normalized spacial score (nSPS) is 21.1. The zero-order chi connectivity index (χ0) is 10.8. The molecule has 1 unspecified atom stereocenters. The Morgan fingerprint density at radius 1 is 1.27 bits per heavy atom. The predicted molar refractivity (Wildman–Crippen MR) is 54.3 cm³/mol. The van der Waals surface area contributed by atoms with Crippen molar-refractivity contribution in [3.05, 3.63) is 30.3 Å². The molecule has 1 fully saturated rings. The SMILES string of the molecule is O=C1CC(Sc2ccccc2)C(=O)N1O. The number of amides is 2. The molecular weight excluding hydrogens is 214 g/mol. The van der Waals surface area contributed by atoms with Gasteiger partial charge in [-0.15, -0.1) is 11.8 Å². The number of carbonyl (C=O) groups is 2. The van der Waals surface area contributed by atoms with Crippen molar-refractivity contribution in [1.82, 2.24) is 5.06 Å². The molecule has 1 saturated heterocycles. The fraction of sp³-hybridized carbons (Fsp3) is 0.200. The molecule has 0 bridgehead atoms. The zero-order valence-electron chi connectivity index (χ0n) is 7.79. The molecule has 2 rings (SSSR count). The van der Waals surface area contributed by atoms with Crippen molar-refractivity contribution >= 4 is 23.6 Å². The second-order valence-corrected chi connectivity index (χ2v) is 4.44. The largest absolute Gasteiger partial charge is 0.278 e. The predicted octanol–water partition coefficient (Wildman–Crippen LogP) is 1.30. The fourth-order valence-electron chi connectivity index (χ4n) is 1.35. The lowest BCUT2D eigenvalue weighted by Gasteiger charge is -2.06. The van der Waals surface area contributed by atoms with Gasteiger partial charge in [0.2, 0.25) is 0 Å². The van der Waals surface area contributed by atoms with Crippen molar-refractivity contribution in [1.29, 1.82) is 0 Å². The molecular formula is C10H9NO3S. The molecule has 0 spiro atoms. The first kappa shape index (κ1) is 10.2. The van der Waals surface area contributed by atoms with Gasteiger partial charge in [-0.1, -0.05) is 18.2 Å². The minimum absolute atomic E-state index is 0.0644. The van der Waals surface area contributed by atoms with Gasteiger partial charge in [-0.3, -0.25) is 14.8 Å². The summed E-state index contributed by atoms with van der Waals surface area (Å²) in [5.74, 6) is -1.07. The van der Waals surface area contributed by atoms with Gasteiger partial charge < -0.3 is 0 Å². The van der Waals surface area contributed by atoms with Gasteiger partial charge in [0, 0.05) is 4.90 Å². The highest BCUT2D eigenvalue weighted by atomic mass is 32.2. The van der Waals surface area contributed by atoms with Gasteiger partial charge in [0.15, 0.2) is 0 Å². The van der Waals surface area contributed by atoms with E-state index in [0.29, 0.717) is 0 Å². The van der Waals surface area contributed by atoms with Crippen molar-refractivity contribution in [3.63, 3.8) is 0 Å². The van der Waals surface area contributed by atoms with Crippen LogP contribution in [0, 0.1) is 0 Å². The number of imide groups is 1. The minimum Gasteiger partial charge on any atom is -0.278 e. The third-order valence-corrected chi connectivity index (χ3v) is 3.30. The number of benzene rings is 1. The van der Waals surface area contributed by atoms with E-state index in [9.17, 15) is 9.59 Å². The molecule has 5 heteroatoms. The maximum atomic E-state index is 11.4. The molecule has 0 aliphatic carbocycles. The van der Waals surface area contributed by atoms with Gasteiger partial charge in [0.25, 0.3) is 11.8 Å². The molecule has 15 heavy (non-hydrogen) atoms. The monoisotopic (exact) mass is 223 g/mol. The molecule has 0 aromatic heterocycles. The van der Waals surface area contributed by atoms with E-state index in [2.05, 4.69) is 0 Å². The van der Waals surface area contributed by atoms with Gasteiger partial charge in [0.05, 0.1) is 11.7 Å². The van der Waals surface area contributed by atoms with E-state index >= 15 is 0 Å². The molecule has 1 aromatic carbocycles. The number of carbonyl (C=O) groups excluding carboxylic acids is 2. The van der Waals surface area contributed by atoms with Crippen molar-refractivity contribution in [2.24, 2.45) is 0 Å². The van der Waals surface area contributed by atoms with E-state index in [0.717, 1.165) is 4.90 Å². The van der Waals surface area contributed by atoms with E-state index in [-0.39, 0.29) is 11.5 Å². The first-order valence-corrected chi connectivity index (χ1v) is 5.34. The minimum atomic E-state index is -0.534. The summed E-state index contributed by atoms with van der Waals surface area (Å²) >= 11 is 1.29. The first-order chi connectivity index (χ1) is 7.18. The van der Waals surface area contributed by atoms with Crippen molar-refractivity contribution in [3.8, 4) is 0 Å². The standard InChI is InChI=1S/C10H9NO3S/c12-9-6-8(10(13)11(9)14)15-7-4-2-1-3-5-7/h1-5,8,14H,6H2. The Morgan fingerprint density at radius 3 is 2.47 bits per heavy atom. The Bertz CT molecular complexity index is 393. The van der Waals surface area contributed by atoms with Gasteiger partial charge >= 0.3 is 0 Å². The van der Waals surface area contributed by atoms with Crippen LogP contribution in [0.5, 0.6) is 0 Å². The van der Waals surface area contributed by atoms with E-state index in [1.165, 1.54) is 11.8 Å². The quantitative estimate of drug-likeness (QED) is 0.606. The van der Waals surface area contributed by atoms with Gasteiger partial charge in [-0.05, 0) is 12.1 Å². The zero-order valence-corrected chi connectivity index (χ0v) is 8.61. The average Bonchev–Trinajstić information content (AvgIpc) is 2.48. The van der Waals surface area contributed by atoms with Gasteiger partial charge in [-0.25, -0.2) is 0 Å². The van der Waals surface area contributed by atoms with E-state index in [4.69, 9.17) is 5.21 Å². The van der Waals surface area contributed by atoms with Gasteiger partial charge in [0.1, 0.15) is 0 Å². The maximum Gasteiger partial charge on any atom is 0.267 e. The molecule has 1 atom stereocenters. The van der Waals surface area contributed by atoms with Crippen molar-refractivity contribution < 1.29 is 14.8 Å².